The van der Waals surface area contributed by atoms with E-state index in [0.29, 0.717) is 10.6 Å². The lowest BCUT2D eigenvalue weighted by Crippen LogP contribution is -2.05. The van der Waals surface area contributed by atoms with Gasteiger partial charge in [-0.1, -0.05) is 17.7 Å². The third-order valence-electron chi connectivity index (χ3n) is 2.37. The molecule has 0 amide bonds. The van der Waals surface area contributed by atoms with Gasteiger partial charge in [0, 0.05) is 16.4 Å². The number of halogens is 1. The molecule has 0 saturated carbocycles. The zero-order valence-corrected chi connectivity index (χ0v) is 10.7. The van der Waals surface area contributed by atoms with Crippen molar-refractivity contribution >= 4 is 28.6 Å². The van der Waals surface area contributed by atoms with Crippen molar-refractivity contribution in [2.24, 2.45) is 0 Å². The number of anilines is 1. The molecule has 0 aliphatic carbocycles. The second-order valence-electron chi connectivity index (χ2n) is 3.56. The van der Waals surface area contributed by atoms with Crippen molar-refractivity contribution in [1.82, 2.24) is 0 Å². The number of benzene rings is 1. The van der Waals surface area contributed by atoms with E-state index in [4.69, 9.17) is 16.9 Å². The number of hydrogen-bond acceptors (Lipinski definition) is 3. The summed E-state index contributed by atoms with van der Waals surface area (Å²) >= 11 is 7.58. The predicted octanol–water partition coefficient (Wildman–Crippen LogP) is 3.93. The van der Waals surface area contributed by atoms with Crippen LogP contribution in [0.1, 0.15) is 10.4 Å². The van der Waals surface area contributed by atoms with E-state index in [1.54, 1.807) is 23.5 Å². The first kappa shape index (κ1) is 12.0. The number of nitrogens with zero attached hydrogens (tertiary/aromatic N) is 1. The zero-order valence-electron chi connectivity index (χ0n) is 9.11. The normalized spacial score (nSPS) is 9.88. The SMILES string of the molecule is N#Cc1cc(Cl)ccc1NCCc1cccs1. The first-order valence-corrected chi connectivity index (χ1v) is 6.51. The molecule has 2 rings (SSSR count). The van der Waals surface area contributed by atoms with Gasteiger partial charge in [-0.05, 0) is 36.1 Å². The van der Waals surface area contributed by atoms with Crippen LogP contribution in [0.15, 0.2) is 35.7 Å². The Morgan fingerprint density at radius 3 is 2.94 bits per heavy atom. The van der Waals surface area contributed by atoms with E-state index >= 15 is 0 Å². The molecule has 0 radical (unpaired) electrons. The van der Waals surface area contributed by atoms with Crippen LogP contribution >= 0.6 is 22.9 Å². The van der Waals surface area contributed by atoms with Crippen LogP contribution in [0.5, 0.6) is 0 Å². The maximum Gasteiger partial charge on any atom is 0.101 e. The quantitative estimate of drug-likeness (QED) is 0.906. The maximum absolute atomic E-state index is 8.98. The molecule has 0 saturated heterocycles. The largest absolute Gasteiger partial charge is 0.384 e. The van der Waals surface area contributed by atoms with Crippen molar-refractivity contribution in [1.29, 1.82) is 5.26 Å². The Morgan fingerprint density at radius 2 is 2.24 bits per heavy atom. The molecule has 0 atom stereocenters. The highest BCUT2D eigenvalue weighted by Gasteiger charge is 2.02. The van der Waals surface area contributed by atoms with Gasteiger partial charge in [-0.3, -0.25) is 0 Å². The molecule has 1 aromatic heterocycles. The summed E-state index contributed by atoms with van der Waals surface area (Å²) in [6.07, 6.45) is 0.963. The van der Waals surface area contributed by atoms with Crippen molar-refractivity contribution in [2.75, 3.05) is 11.9 Å². The summed E-state index contributed by atoms with van der Waals surface area (Å²) in [6.45, 7) is 0.816. The Balaban J connectivity index is 1.97. The predicted molar refractivity (Wildman–Crippen MR) is 72.7 cm³/mol. The van der Waals surface area contributed by atoms with Gasteiger partial charge in [0.1, 0.15) is 6.07 Å². The minimum atomic E-state index is 0.587. The van der Waals surface area contributed by atoms with Gasteiger partial charge in [0.25, 0.3) is 0 Å². The molecule has 86 valence electrons. The van der Waals surface area contributed by atoms with Gasteiger partial charge in [-0.25, -0.2) is 0 Å². The van der Waals surface area contributed by atoms with Crippen LogP contribution in [0.4, 0.5) is 5.69 Å². The molecule has 17 heavy (non-hydrogen) atoms. The van der Waals surface area contributed by atoms with Crippen molar-refractivity contribution < 1.29 is 0 Å². The molecule has 0 aliphatic rings. The number of rotatable bonds is 4. The Labute approximate surface area is 109 Å². The van der Waals surface area contributed by atoms with Gasteiger partial charge in [0.15, 0.2) is 0 Å². The summed E-state index contributed by atoms with van der Waals surface area (Å²) in [4.78, 5) is 1.34. The molecular weight excluding hydrogens is 252 g/mol. The lowest BCUT2D eigenvalue weighted by atomic mass is 10.2. The molecule has 0 bridgehead atoms. The maximum atomic E-state index is 8.98. The van der Waals surface area contributed by atoms with E-state index in [-0.39, 0.29) is 0 Å². The van der Waals surface area contributed by atoms with E-state index in [0.717, 1.165) is 18.7 Å². The third kappa shape index (κ3) is 3.23. The fourth-order valence-corrected chi connectivity index (χ4v) is 2.42. The van der Waals surface area contributed by atoms with Crippen LogP contribution in [0.2, 0.25) is 5.02 Å². The average Bonchev–Trinajstić information content (AvgIpc) is 2.84. The van der Waals surface area contributed by atoms with Crippen LogP contribution in [-0.2, 0) is 6.42 Å². The standard InChI is InChI=1S/C13H11ClN2S/c14-11-3-4-13(10(8-11)9-15)16-6-5-12-2-1-7-17-12/h1-4,7-8,16H,5-6H2. The zero-order chi connectivity index (χ0) is 12.1. The summed E-state index contributed by atoms with van der Waals surface area (Å²) in [5, 5.41) is 14.9. The van der Waals surface area contributed by atoms with Gasteiger partial charge in [0.05, 0.1) is 11.3 Å². The molecular formula is C13H11ClN2S. The van der Waals surface area contributed by atoms with Crippen molar-refractivity contribution in [2.45, 2.75) is 6.42 Å². The summed E-state index contributed by atoms with van der Waals surface area (Å²) in [5.41, 5.74) is 1.43. The van der Waals surface area contributed by atoms with Gasteiger partial charge < -0.3 is 5.32 Å². The summed E-state index contributed by atoms with van der Waals surface area (Å²) in [7, 11) is 0. The first-order valence-electron chi connectivity index (χ1n) is 5.25. The molecule has 0 fully saturated rings. The highest BCUT2D eigenvalue weighted by molar-refractivity contribution is 7.09. The highest BCUT2D eigenvalue weighted by Crippen LogP contribution is 2.20. The van der Waals surface area contributed by atoms with Gasteiger partial charge >= 0.3 is 0 Å². The second kappa shape index (κ2) is 5.72. The molecule has 1 heterocycles. The number of hydrogen-bond donors (Lipinski definition) is 1. The molecule has 4 heteroatoms. The summed E-state index contributed by atoms with van der Waals surface area (Å²) in [6, 6.07) is 11.6. The van der Waals surface area contributed by atoms with Crippen LogP contribution in [0.3, 0.4) is 0 Å². The van der Waals surface area contributed by atoms with E-state index in [2.05, 4.69) is 22.8 Å². The first-order chi connectivity index (χ1) is 8.29. The Kier molecular flexibility index (Phi) is 4.03. The Morgan fingerprint density at radius 1 is 1.35 bits per heavy atom. The highest BCUT2D eigenvalue weighted by atomic mass is 35.5. The van der Waals surface area contributed by atoms with Crippen molar-refractivity contribution in [3.8, 4) is 6.07 Å². The second-order valence-corrected chi connectivity index (χ2v) is 5.03. The Bertz CT molecular complexity index is 529. The fourth-order valence-electron chi connectivity index (χ4n) is 1.54. The summed E-state index contributed by atoms with van der Waals surface area (Å²) in [5.74, 6) is 0. The van der Waals surface area contributed by atoms with E-state index in [1.807, 2.05) is 12.1 Å². The van der Waals surface area contributed by atoms with E-state index in [1.165, 1.54) is 4.88 Å². The number of nitriles is 1. The molecule has 0 spiro atoms. The van der Waals surface area contributed by atoms with Gasteiger partial charge in [-0.2, -0.15) is 5.26 Å². The van der Waals surface area contributed by atoms with Gasteiger partial charge in [-0.15, -0.1) is 11.3 Å². The number of thiophene rings is 1. The minimum Gasteiger partial charge on any atom is -0.384 e. The van der Waals surface area contributed by atoms with Crippen LogP contribution in [0, 0.1) is 11.3 Å². The lowest BCUT2D eigenvalue weighted by Gasteiger charge is -2.07. The van der Waals surface area contributed by atoms with Crippen LogP contribution in [0.25, 0.3) is 0 Å². The van der Waals surface area contributed by atoms with Crippen molar-refractivity contribution in [3.63, 3.8) is 0 Å². The van der Waals surface area contributed by atoms with E-state index in [9.17, 15) is 0 Å². The third-order valence-corrected chi connectivity index (χ3v) is 3.54. The average molecular weight is 263 g/mol. The molecule has 1 N–H and O–H groups in total. The molecule has 2 aromatic rings. The summed E-state index contributed by atoms with van der Waals surface area (Å²) < 4.78 is 0. The van der Waals surface area contributed by atoms with E-state index < -0.39 is 0 Å². The fraction of sp³-hybridized carbons (Fsp3) is 0.154. The molecule has 2 nitrogen and oxygen atoms in total. The van der Waals surface area contributed by atoms with Crippen LogP contribution < -0.4 is 5.32 Å². The van der Waals surface area contributed by atoms with Crippen molar-refractivity contribution in [3.05, 3.63) is 51.2 Å². The molecule has 1 aromatic carbocycles. The minimum absolute atomic E-state index is 0.587. The monoisotopic (exact) mass is 262 g/mol. The topological polar surface area (TPSA) is 35.8 Å². The Hall–Kier alpha value is -1.50. The lowest BCUT2D eigenvalue weighted by molar-refractivity contribution is 1.04. The molecule has 0 aliphatic heterocycles. The van der Waals surface area contributed by atoms with Gasteiger partial charge in [0.2, 0.25) is 0 Å². The number of nitrogens with one attached hydrogen (secondary N) is 1. The molecule has 0 unspecified atom stereocenters. The van der Waals surface area contributed by atoms with Crippen LogP contribution in [-0.4, -0.2) is 6.54 Å². The smallest absolute Gasteiger partial charge is 0.101 e.